The first-order valence-electron chi connectivity index (χ1n) is 14.7. The van der Waals surface area contributed by atoms with Gasteiger partial charge in [-0.25, -0.2) is 9.59 Å². The Morgan fingerprint density at radius 2 is 1.39 bits per heavy atom. The molecule has 3 aromatic rings. The van der Waals surface area contributed by atoms with E-state index in [9.17, 15) is 22.8 Å². The van der Waals surface area contributed by atoms with Crippen molar-refractivity contribution in [1.29, 1.82) is 0 Å². The van der Waals surface area contributed by atoms with Gasteiger partial charge < -0.3 is 33.5 Å². The van der Waals surface area contributed by atoms with Gasteiger partial charge in [-0.3, -0.25) is 4.79 Å². The first kappa shape index (κ1) is 34.1. The summed E-state index contributed by atoms with van der Waals surface area (Å²) in [6.45, 7) is 6.46. The molecule has 4 rings (SSSR count). The van der Waals surface area contributed by atoms with Crippen LogP contribution in [0.1, 0.15) is 31.9 Å². The van der Waals surface area contributed by atoms with Gasteiger partial charge in [-0.05, 0) is 68.3 Å². The molecule has 246 valence electrons. The zero-order valence-electron chi connectivity index (χ0n) is 26.3. The van der Waals surface area contributed by atoms with Crippen molar-refractivity contribution in [1.82, 2.24) is 15.1 Å². The van der Waals surface area contributed by atoms with Gasteiger partial charge in [0.15, 0.2) is 0 Å². The second-order valence-corrected chi connectivity index (χ2v) is 13.2. The van der Waals surface area contributed by atoms with Crippen molar-refractivity contribution in [2.24, 2.45) is 0 Å². The van der Waals surface area contributed by atoms with Crippen molar-refractivity contribution >= 4 is 28.2 Å². The van der Waals surface area contributed by atoms with Gasteiger partial charge in [-0.1, -0.05) is 42.5 Å². The molecule has 0 spiro atoms. The normalized spacial score (nSPS) is 14.2. The molecule has 12 nitrogen and oxygen atoms in total. The molecular formula is C33H39N3O9S. The Morgan fingerprint density at radius 1 is 0.804 bits per heavy atom. The van der Waals surface area contributed by atoms with Crippen LogP contribution in [0.2, 0.25) is 0 Å². The van der Waals surface area contributed by atoms with Crippen molar-refractivity contribution in [2.45, 2.75) is 50.3 Å². The maximum Gasteiger partial charge on any atom is 0.410 e. The molecule has 3 aromatic carbocycles. The van der Waals surface area contributed by atoms with Crippen LogP contribution in [0.15, 0.2) is 83.8 Å². The van der Waals surface area contributed by atoms with Gasteiger partial charge in [0.2, 0.25) is 5.91 Å². The summed E-state index contributed by atoms with van der Waals surface area (Å²) >= 11 is 0. The predicted molar refractivity (Wildman–Crippen MR) is 169 cm³/mol. The molecule has 13 heteroatoms. The van der Waals surface area contributed by atoms with E-state index in [0.717, 1.165) is 5.56 Å². The number of amides is 3. The van der Waals surface area contributed by atoms with Crippen molar-refractivity contribution < 1.29 is 41.2 Å². The second kappa shape index (κ2) is 15.0. The van der Waals surface area contributed by atoms with Crippen LogP contribution in [0.5, 0.6) is 11.5 Å². The Labute approximate surface area is 269 Å². The lowest BCUT2D eigenvalue weighted by Gasteiger charge is -2.37. The minimum atomic E-state index is -4.10. The van der Waals surface area contributed by atoms with E-state index < -0.39 is 33.9 Å². The molecule has 0 radical (unpaired) electrons. The van der Waals surface area contributed by atoms with Crippen LogP contribution in [0, 0.1) is 0 Å². The van der Waals surface area contributed by atoms with Gasteiger partial charge >= 0.3 is 22.3 Å². The van der Waals surface area contributed by atoms with Crippen LogP contribution in [0.4, 0.5) is 9.59 Å². The summed E-state index contributed by atoms with van der Waals surface area (Å²) in [4.78, 5) is 42.1. The fraction of sp³-hybridized carbons (Fsp3) is 0.364. The molecule has 1 saturated heterocycles. The van der Waals surface area contributed by atoms with E-state index in [0.29, 0.717) is 11.3 Å². The van der Waals surface area contributed by atoms with Gasteiger partial charge in [0.05, 0.1) is 7.11 Å². The number of nitrogens with one attached hydrogen (secondary N) is 1. The highest BCUT2D eigenvalue weighted by molar-refractivity contribution is 7.87. The summed E-state index contributed by atoms with van der Waals surface area (Å²) in [6.07, 6.45) is -1.12. The van der Waals surface area contributed by atoms with E-state index in [1.165, 1.54) is 43.5 Å². The fourth-order valence-electron chi connectivity index (χ4n) is 4.60. The Morgan fingerprint density at radius 3 is 1.98 bits per heavy atom. The number of carbonyl (C=O) groups is 3. The number of piperazine rings is 1. The molecule has 1 N–H and O–H groups in total. The Kier molecular flexibility index (Phi) is 11.1. The average Bonchev–Trinajstić information content (AvgIpc) is 3.03. The number of nitrogens with zero attached hydrogens (tertiary/aromatic N) is 2. The standard InChI is InChI=1S/C33H39N3O9S/c1-33(2,3)44-32(39)36-20-18-35(19-21-36)30(37)29(34-31(38)43-23-25-8-6-5-7-9-25)22-24-10-12-27(13-11-24)45-46(40,41)28-16-14-26(42-4)15-17-28/h5-17,29H,18-23H2,1-4H3,(H,34,38)/t29-/m0/s1. The third kappa shape index (κ3) is 9.86. The molecule has 0 bridgehead atoms. The molecule has 1 heterocycles. The zero-order valence-corrected chi connectivity index (χ0v) is 27.1. The Hall–Kier alpha value is -4.78. The average molecular weight is 654 g/mol. The highest BCUT2D eigenvalue weighted by atomic mass is 32.2. The van der Waals surface area contributed by atoms with Crippen LogP contribution in [-0.4, -0.2) is 81.2 Å². The largest absolute Gasteiger partial charge is 0.497 e. The molecule has 1 fully saturated rings. The minimum Gasteiger partial charge on any atom is -0.497 e. The number of alkyl carbamates (subject to hydrolysis) is 1. The number of carbonyl (C=O) groups excluding carboxylic acids is 3. The van der Waals surface area contributed by atoms with Crippen LogP contribution in [0.25, 0.3) is 0 Å². The lowest BCUT2D eigenvalue weighted by Crippen LogP contribution is -2.56. The van der Waals surface area contributed by atoms with E-state index >= 15 is 0 Å². The Balaban J connectivity index is 1.43. The van der Waals surface area contributed by atoms with Crippen LogP contribution in [-0.2, 0) is 37.4 Å². The summed E-state index contributed by atoms with van der Waals surface area (Å²) in [5.74, 6) is 0.244. The fourth-order valence-corrected chi connectivity index (χ4v) is 5.53. The molecule has 46 heavy (non-hydrogen) atoms. The van der Waals surface area contributed by atoms with Gasteiger partial charge in [-0.2, -0.15) is 8.42 Å². The van der Waals surface area contributed by atoms with Gasteiger partial charge in [0.25, 0.3) is 0 Å². The molecule has 0 aliphatic carbocycles. The van der Waals surface area contributed by atoms with Crippen molar-refractivity contribution in [3.05, 3.63) is 90.0 Å². The smallest absolute Gasteiger partial charge is 0.410 e. The van der Waals surface area contributed by atoms with Gasteiger partial charge in [0, 0.05) is 32.6 Å². The summed E-state index contributed by atoms with van der Waals surface area (Å²) in [6, 6.07) is 20.2. The number of benzene rings is 3. The molecular weight excluding hydrogens is 614 g/mol. The van der Waals surface area contributed by atoms with Crippen molar-refractivity contribution in [2.75, 3.05) is 33.3 Å². The highest BCUT2D eigenvalue weighted by Crippen LogP contribution is 2.22. The van der Waals surface area contributed by atoms with Crippen LogP contribution < -0.4 is 14.2 Å². The van der Waals surface area contributed by atoms with E-state index in [2.05, 4.69) is 5.32 Å². The number of ether oxygens (including phenoxy) is 3. The molecule has 0 aromatic heterocycles. The number of hydrogen-bond donors (Lipinski definition) is 1. The summed E-state index contributed by atoms with van der Waals surface area (Å²) in [5.41, 5.74) is 0.793. The van der Waals surface area contributed by atoms with E-state index in [1.807, 2.05) is 30.3 Å². The number of rotatable bonds is 10. The lowest BCUT2D eigenvalue weighted by molar-refractivity contribution is -0.135. The molecule has 0 unspecified atom stereocenters. The maximum atomic E-state index is 13.7. The lowest BCUT2D eigenvalue weighted by atomic mass is 10.0. The van der Waals surface area contributed by atoms with Crippen LogP contribution >= 0.6 is 0 Å². The quantitative estimate of drug-likeness (QED) is 0.316. The van der Waals surface area contributed by atoms with E-state index in [-0.39, 0.29) is 55.8 Å². The van der Waals surface area contributed by atoms with Gasteiger partial charge in [0.1, 0.15) is 34.6 Å². The molecule has 1 atom stereocenters. The Bertz CT molecular complexity index is 1580. The maximum absolute atomic E-state index is 13.7. The summed E-state index contributed by atoms with van der Waals surface area (Å²) in [5, 5.41) is 2.69. The topological polar surface area (TPSA) is 141 Å². The first-order chi connectivity index (χ1) is 21.8. The minimum absolute atomic E-state index is 0.0247. The summed E-state index contributed by atoms with van der Waals surface area (Å²) < 4.78 is 46.7. The zero-order chi connectivity index (χ0) is 33.3. The third-order valence-corrected chi connectivity index (χ3v) is 8.22. The molecule has 3 amide bonds. The predicted octanol–water partition coefficient (Wildman–Crippen LogP) is 4.38. The SMILES string of the molecule is COc1ccc(S(=O)(=O)Oc2ccc(C[C@H](NC(=O)OCc3ccccc3)C(=O)N3CCN(C(=O)OC(C)(C)C)CC3)cc2)cc1. The number of methoxy groups -OCH3 is 1. The van der Waals surface area contributed by atoms with Crippen LogP contribution in [0.3, 0.4) is 0 Å². The summed E-state index contributed by atoms with van der Waals surface area (Å²) in [7, 11) is -2.61. The monoisotopic (exact) mass is 653 g/mol. The molecule has 1 aliphatic heterocycles. The van der Waals surface area contributed by atoms with E-state index in [1.54, 1.807) is 42.7 Å². The highest BCUT2D eigenvalue weighted by Gasteiger charge is 2.32. The first-order valence-corrected chi connectivity index (χ1v) is 16.2. The number of hydrogen-bond acceptors (Lipinski definition) is 9. The molecule has 0 saturated carbocycles. The van der Waals surface area contributed by atoms with Gasteiger partial charge in [-0.15, -0.1) is 0 Å². The van der Waals surface area contributed by atoms with Crippen molar-refractivity contribution in [3.8, 4) is 11.5 Å². The van der Waals surface area contributed by atoms with E-state index in [4.69, 9.17) is 18.4 Å². The molecule has 1 aliphatic rings. The van der Waals surface area contributed by atoms with Crippen molar-refractivity contribution in [3.63, 3.8) is 0 Å². The second-order valence-electron chi connectivity index (χ2n) is 11.6. The third-order valence-electron chi connectivity index (χ3n) is 6.96.